The maximum absolute atomic E-state index is 3.33. The summed E-state index contributed by atoms with van der Waals surface area (Å²) in [5.41, 5.74) is 2.80. The summed E-state index contributed by atoms with van der Waals surface area (Å²) in [5, 5.41) is 0. The quantitative estimate of drug-likeness (QED) is 0.618. The standard InChI is InChI=1S/C9H13.Zr/c1-3-4-9-6-5-8(2)7-9;/h5H,3-4,6H2,1-2H3;/q-1;. The van der Waals surface area contributed by atoms with Gasteiger partial charge in [0, 0.05) is 26.2 Å². The molecule has 1 aliphatic carbocycles. The molecule has 0 unspecified atom stereocenters. The van der Waals surface area contributed by atoms with Crippen LogP contribution in [0.25, 0.3) is 0 Å². The van der Waals surface area contributed by atoms with E-state index in [4.69, 9.17) is 0 Å². The Morgan fingerprint density at radius 1 is 1.60 bits per heavy atom. The molecule has 0 heterocycles. The first-order valence-electron chi connectivity index (χ1n) is 3.61. The summed E-state index contributed by atoms with van der Waals surface area (Å²) in [5.74, 6) is 0. The molecule has 0 bridgehead atoms. The molecule has 0 aromatic rings. The topological polar surface area (TPSA) is 0 Å². The molecule has 0 amide bonds. The third-order valence-electron chi connectivity index (χ3n) is 1.58. The van der Waals surface area contributed by atoms with Crippen LogP contribution in [0.2, 0.25) is 0 Å². The number of hydrogen-bond acceptors (Lipinski definition) is 0. The Hall–Kier alpha value is 0.363. The molecule has 0 aromatic heterocycles. The van der Waals surface area contributed by atoms with E-state index in [0.717, 1.165) is 6.42 Å². The molecular formula is C9H13Zr-. The number of rotatable bonds is 2. The summed E-state index contributed by atoms with van der Waals surface area (Å²) in [6, 6.07) is 0. The zero-order valence-electron chi connectivity index (χ0n) is 6.70. The molecule has 1 aliphatic rings. The van der Waals surface area contributed by atoms with Crippen molar-refractivity contribution in [3.63, 3.8) is 0 Å². The van der Waals surface area contributed by atoms with Crippen LogP contribution < -0.4 is 0 Å². The second-order valence-corrected chi connectivity index (χ2v) is 2.57. The second-order valence-electron chi connectivity index (χ2n) is 2.57. The molecule has 0 nitrogen and oxygen atoms in total. The summed E-state index contributed by atoms with van der Waals surface area (Å²) in [6.45, 7) is 4.32. The third kappa shape index (κ3) is 2.97. The van der Waals surface area contributed by atoms with Crippen molar-refractivity contribution in [2.24, 2.45) is 0 Å². The summed E-state index contributed by atoms with van der Waals surface area (Å²) in [6.07, 6.45) is 9.21. The molecule has 1 heteroatoms. The first-order valence-corrected chi connectivity index (χ1v) is 3.61. The zero-order chi connectivity index (χ0) is 6.69. The van der Waals surface area contributed by atoms with E-state index in [9.17, 15) is 0 Å². The van der Waals surface area contributed by atoms with Gasteiger partial charge in [-0.15, -0.1) is 0 Å². The van der Waals surface area contributed by atoms with Crippen molar-refractivity contribution in [3.05, 3.63) is 23.3 Å². The third-order valence-corrected chi connectivity index (χ3v) is 1.58. The van der Waals surface area contributed by atoms with Crippen molar-refractivity contribution < 1.29 is 26.2 Å². The minimum atomic E-state index is 0. The van der Waals surface area contributed by atoms with Gasteiger partial charge < -0.3 is 0 Å². The van der Waals surface area contributed by atoms with Crippen LogP contribution in [-0.2, 0) is 26.2 Å². The van der Waals surface area contributed by atoms with Gasteiger partial charge in [-0.25, -0.2) is 17.7 Å². The SMILES string of the molecule is CCCC1=[C-]C(C)=CC1.[Zr]. The van der Waals surface area contributed by atoms with E-state index in [-0.39, 0.29) is 26.2 Å². The summed E-state index contributed by atoms with van der Waals surface area (Å²) < 4.78 is 0. The van der Waals surface area contributed by atoms with E-state index in [1.807, 2.05) is 0 Å². The molecule has 0 saturated heterocycles. The van der Waals surface area contributed by atoms with Crippen molar-refractivity contribution in [3.8, 4) is 0 Å². The summed E-state index contributed by atoms with van der Waals surface area (Å²) in [7, 11) is 0. The summed E-state index contributed by atoms with van der Waals surface area (Å²) >= 11 is 0. The van der Waals surface area contributed by atoms with Gasteiger partial charge in [-0.2, -0.15) is 5.57 Å². The van der Waals surface area contributed by atoms with Crippen LogP contribution in [-0.4, -0.2) is 0 Å². The smallest absolute Gasteiger partial charge is 0 e. The Morgan fingerprint density at radius 2 is 2.30 bits per heavy atom. The number of hydrogen-bond donors (Lipinski definition) is 0. The van der Waals surface area contributed by atoms with Crippen LogP contribution in [0.1, 0.15) is 33.1 Å². The molecule has 0 saturated carbocycles. The molecular weight excluding hydrogens is 199 g/mol. The second kappa shape index (κ2) is 5.07. The van der Waals surface area contributed by atoms with E-state index in [2.05, 4.69) is 26.0 Å². The molecule has 0 atom stereocenters. The van der Waals surface area contributed by atoms with E-state index in [1.54, 1.807) is 0 Å². The Labute approximate surface area is 82.5 Å². The Balaban J connectivity index is 0.000000810. The molecule has 0 radical (unpaired) electrons. The molecule has 0 aliphatic heterocycles. The Morgan fingerprint density at radius 3 is 2.70 bits per heavy atom. The van der Waals surface area contributed by atoms with Gasteiger partial charge in [-0.1, -0.05) is 33.1 Å². The molecule has 1 rings (SSSR count). The number of allylic oxidation sites excluding steroid dienone is 4. The van der Waals surface area contributed by atoms with Crippen molar-refractivity contribution in [2.45, 2.75) is 33.1 Å². The van der Waals surface area contributed by atoms with Gasteiger partial charge in [-0.05, 0) is 0 Å². The van der Waals surface area contributed by atoms with Gasteiger partial charge in [0.25, 0.3) is 0 Å². The van der Waals surface area contributed by atoms with Crippen molar-refractivity contribution in [1.82, 2.24) is 0 Å². The van der Waals surface area contributed by atoms with E-state index in [1.165, 1.54) is 24.0 Å². The largest absolute Gasteiger partial charge is 0.250 e. The monoisotopic (exact) mass is 211 g/mol. The van der Waals surface area contributed by atoms with Gasteiger partial charge in [0.1, 0.15) is 0 Å². The molecule has 0 fully saturated rings. The van der Waals surface area contributed by atoms with Gasteiger partial charge in [0.15, 0.2) is 0 Å². The zero-order valence-corrected chi connectivity index (χ0v) is 9.16. The van der Waals surface area contributed by atoms with Crippen LogP contribution in [0.5, 0.6) is 0 Å². The van der Waals surface area contributed by atoms with Crippen LogP contribution in [0.3, 0.4) is 0 Å². The normalized spacial score (nSPS) is 15.8. The van der Waals surface area contributed by atoms with Crippen LogP contribution in [0.15, 0.2) is 17.2 Å². The first kappa shape index (κ1) is 10.4. The Kier molecular flexibility index (Phi) is 5.26. The molecule has 0 N–H and O–H groups in total. The first-order chi connectivity index (χ1) is 4.33. The average molecular weight is 212 g/mol. The summed E-state index contributed by atoms with van der Waals surface area (Å²) in [4.78, 5) is 0. The van der Waals surface area contributed by atoms with Crippen LogP contribution in [0, 0.1) is 6.08 Å². The van der Waals surface area contributed by atoms with E-state index in [0.29, 0.717) is 0 Å². The van der Waals surface area contributed by atoms with Gasteiger partial charge >= 0.3 is 0 Å². The van der Waals surface area contributed by atoms with E-state index >= 15 is 0 Å². The fourth-order valence-corrected chi connectivity index (χ4v) is 1.12. The van der Waals surface area contributed by atoms with Crippen molar-refractivity contribution in [2.75, 3.05) is 0 Å². The minimum absolute atomic E-state index is 0. The minimum Gasteiger partial charge on any atom is -0.250 e. The van der Waals surface area contributed by atoms with Crippen LogP contribution in [0.4, 0.5) is 0 Å². The van der Waals surface area contributed by atoms with Gasteiger partial charge in [0.2, 0.25) is 0 Å². The van der Waals surface area contributed by atoms with Gasteiger partial charge in [-0.3, -0.25) is 0 Å². The van der Waals surface area contributed by atoms with Crippen LogP contribution >= 0.6 is 0 Å². The Bertz CT molecular complexity index is 154. The predicted molar refractivity (Wildman–Crippen MR) is 40.0 cm³/mol. The maximum Gasteiger partial charge on any atom is 0 e. The maximum atomic E-state index is 3.33. The molecule has 0 aromatic carbocycles. The van der Waals surface area contributed by atoms with E-state index < -0.39 is 0 Å². The molecule has 10 heavy (non-hydrogen) atoms. The fourth-order valence-electron chi connectivity index (χ4n) is 1.12. The molecule has 0 spiro atoms. The fraction of sp³-hybridized carbons (Fsp3) is 0.556. The average Bonchev–Trinajstić information content (AvgIpc) is 2.17. The molecule has 54 valence electrons. The van der Waals surface area contributed by atoms with Crippen molar-refractivity contribution in [1.29, 1.82) is 0 Å². The van der Waals surface area contributed by atoms with Gasteiger partial charge in [0.05, 0.1) is 0 Å². The predicted octanol–water partition coefficient (Wildman–Crippen LogP) is 2.86. The van der Waals surface area contributed by atoms with Crippen molar-refractivity contribution >= 4 is 0 Å².